The molecular formula is C30H26FN7O. The number of nitrogens with one attached hydrogen (secondary N) is 3. The van der Waals surface area contributed by atoms with E-state index in [1.54, 1.807) is 18.6 Å². The normalized spacial score (nSPS) is 14.3. The number of hydrogen-bond acceptors (Lipinski definition) is 6. The Hall–Kier alpha value is -4.63. The first-order valence-electron chi connectivity index (χ1n) is 13.0. The average molecular weight is 520 g/mol. The Labute approximate surface area is 223 Å². The fraction of sp³-hybridized carbons (Fsp3) is 0.200. The fourth-order valence-corrected chi connectivity index (χ4v) is 5.25. The third kappa shape index (κ3) is 4.51. The largest absolute Gasteiger partial charge is 0.489 e. The van der Waals surface area contributed by atoms with Crippen LogP contribution in [0.15, 0.2) is 67.1 Å². The van der Waals surface area contributed by atoms with E-state index >= 15 is 0 Å². The number of benzene rings is 2. The van der Waals surface area contributed by atoms with Crippen LogP contribution >= 0.6 is 0 Å². The highest BCUT2D eigenvalue weighted by molar-refractivity contribution is 5.97. The zero-order chi connectivity index (χ0) is 26.3. The highest BCUT2D eigenvalue weighted by Gasteiger charge is 2.18. The van der Waals surface area contributed by atoms with Crippen molar-refractivity contribution in [3.05, 3.63) is 78.5 Å². The lowest BCUT2D eigenvalue weighted by Crippen LogP contribution is -2.34. The van der Waals surface area contributed by atoms with Crippen molar-refractivity contribution in [1.82, 2.24) is 35.5 Å². The second-order valence-electron chi connectivity index (χ2n) is 9.97. The average Bonchev–Trinajstić information content (AvgIpc) is 3.57. The van der Waals surface area contributed by atoms with Crippen molar-refractivity contribution in [2.45, 2.75) is 25.9 Å². The van der Waals surface area contributed by atoms with Gasteiger partial charge in [-0.05, 0) is 74.3 Å². The Kier molecular flexibility index (Phi) is 5.78. The quantitative estimate of drug-likeness (QED) is 0.266. The number of aromatic amines is 2. The summed E-state index contributed by atoms with van der Waals surface area (Å²) in [6, 6.07) is 14.9. The topological polar surface area (TPSA) is 104 Å². The van der Waals surface area contributed by atoms with Gasteiger partial charge in [-0.1, -0.05) is 18.2 Å². The second kappa shape index (κ2) is 9.59. The van der Waals surface area contributed by atoms with E-state index in [4.69, 9.17) is 9.72 Å². The third-order valence-corrected chi connectivity index (χ3v) is 7.14. The van der Waals surface area contributed by atoms with Gasteiger partial charge in [0.2, 0.25) is 0 Å². The molecule has 7 rings (SSSR count). The van der Waals surface area contributed by atoms with Crippen molar-refractivity contribution < 1.29 is 9.13 Å². The van der Waals surface area contributed by atoms with E-state index in [1.165, 1.54) is 12.1 Å². The lowest BCUT2D eigenvalue weighted by molar-refractivity contribution is 0.162. The van der Waals surface area contributed by atoms with E-state index in [0.717, 1.165) is 81.6 Å². The van der Waals surface area contributed by atoms with Crippen LogP contribution in [0.3, 0.4) is 0 Å². The molecule has 2 aromatic carbocycles. The SMILES string of the molecule is Cc1cc(F)cc(-c2cccc3[nH]c(-c4n[nH]c5cnc(-c6cncc(OC7CCNCC7)c6)cc45)nc23)c1. The molecular weight excluding hydrogens is 493 g/mol. The van der Waals surface area contributed by atoms with Gasteiger partial charge in [0.15, 0.2) is 5.82 Å². The maximum absolute atomic E-state index is 14.2. The lowest BCUT2D eigenvalue weighted by Gasteiger charge is -2.23. The number of fused-ring (bicyclic) bond motifs is 2. The van der Waals surface area contributed by atoms with Crippen LogP contribution in [0.2, 0.25) is 0 Å². The number of piperidine rings is 1. The number of aryl methyl sites for hydroxylation is 1. The van der Waals surface area contributed by atoms with Crippen LogP contribution in [-0.2, 0) is 0 Å². The fourth-order valence-electron chi connectivity index (χ4n) is 5.25. The number of H-pyrrole nitrogens is 2. The molecule has 0 saturated carbocycles. The highest BCUT2D eigenvalue weighted by atomic mass is 19.1. The molecule has 3 N–H and O–H groups in total. The number of hydrogen-bond donors (Lipinski definition) is 3. The van der Waals surface area contributed by atoms with Crippen LogP contribution in [0.5, 0.6) is 5.75 Å². The molecule has 1 saturated heterocycles. The molecule has 5 heterocycles. The number of aromatic nitrogens is 6. The summed E-state index contributed by atoms with van der Waals surface area (Å²) < 4.78 is 20.4. The van der Waals surface area contributed by atoms with Gasteiger partial charge in [-0.2, -0.15) is 5.10 Å². The Morgan fingerprint density at radius 3 is 2.72 bits per heavy atom. The minimum absolute atomic E-state index is 0.188. The molecule has 0 radical (unpaired) electrons. The van der Waals surface area contributed by atoms with Crippen molar-refractivity contribution in [2.75, 3.05) is 13.1 Å². The number of imidazole rings is 1. The van der Waals surface area contributed by atoms with Crippen LogP contribution in [0.4, 0.5) is 4.39 Å². The molecule has 0 atom stereocenters. The molecule has 194 valence electrons. The molecule has 0 unspecified atom stereocenters. The van der Waals surface area contributed by atoms with Crippen molar-refractivity contribution in [1.29, 1.82) is 0 Å². The zero-order valence-corrected chi connectivity index (χ0v) is 21.3. The molecule has 9 heteroatoms. The van der Waals surface area contributed by atoms with Gasteiger partial charge in [0.1, 0.15) is 23.4 Å². The van der Waals surface area contributed by atoms with Gasteiger partial charge in [-0.3, -0.25) is 15.1 Å². The number of rotatable bonds is 5. The van der Waals surface area contributed by atoms with Crippen LogP contribution in [0.1, 0.15) is 18.4 Å². The van der Waals surface area contributed by atoms with Crippen molar-refractivity contribution in [2.24, 2.45) is 0 Å². The Bertz CT molecular complexity index is 1800. The van der Waals surface area contributed by atoms with Gasteiger partial charge in [-0.25, -0.2) is 9.37 Å². The number of para-hydroxylation sites is 1. The number of ether oxygens (including phenoxy) is 1. The van der Waals surface area contributed by atoms with Gasteiger partial charge < -0.3 is 15.0 Å². The van der Waals surface area contributed by atoms with Gasteiger partial charge in [0.25, 0.3) is 0 Å². The molecule has 8 nitrogen and oxygen atoms in total. The first kappa shape index (κ1) is 23.5. The number of halogens is 1. The standard InChI is InChI=1S/C30H26FN7O/c1-17-9-18(11-20(31)10-17)23-3-2-4-25-28(23)36-30(35-25)29-24-13-26(34-16-27(24)37-38-29)19-12-22(15-33-14-19)39-21-5-7-32-8-6-21/h2-4,9-16,21,32H,5-8H2,1H3,(H,35,36)(H,37,38). The first-order valence-corrected chi connectivity index (χ1v) is 13.0. The van der Waals surface area contributed by atoms with Crippen LogP contribution < -0.4 is 10.1 Å². The maximum Gasteiger partial charge on any atom is 0.159 e. The summed E-state index contributed by atoms with van der Waals surface area (Å²) in [6.45, 7) is 3.81. The molecule has 4 aromatic heterocycles. The number of pyridine rings is 2. The molecule has 0 aliphatic carbocycles. The smallest absolute Gasteiger partial charge is 0.159 e. The summed E-state index contributed by atoms with van der Waals surface area (Å²) in [5.74, 6) is 1.09. The highest BCUT2D eigenvalue weighted by Crippen LogP contribution is 2.33. The predicted molar refractivity (Wildman–Crippen MR) is 149 cm³/mol. The molecule has 1 fully saturated rings. The summed E-state index contributed by atoms with van der Waals surface area (Å²) in [7, 11) is 0. The summed E-state index contributed by atoms with van der Waals surface area (Å²) in [5.41, 5.74) is 7.22. The van der Waals surface area contributed by atoms with Crippen molar-refractivity contribution in [3.63, 3.8) is 0 Å². The molecule has 1 aliphatic heterocycles. The first-order chi connectivity index (χ1) is 19.1. The predicted octanol–water partition coefficient (Wildman–Crippen LogP) is 5.81. The van der Waals surface area contributed by atoms with Gasteiger partial charge in [0.05, 0.1) is 34.6 Å². The molecule has 0 amide bonds. The molecule has 6 aromatic rings. The minimum atomic E-state index is -0.268. The van der Waals surface area contributed by atoms with Gasteiger partial charge in [0, 0.05) is 22.7 Å². The van der Waals surface area contributed by atoms with E-state index in [0.29, 0.717) is 11.5 Å². The van der Waals surface area contributed by atoms with E-state index in [2.05, 4.69) is 30.5 Å². The van der Waals surface area contributed by atoms with Gasteiger partial charge in [-0.15, -0.1) is 0 Å². The van der Waals surface area contributed by atoms with Crippen molar-refractivity contribution in [3.8, 4) is 39.7 Å². The van der Waals surface area contributed by atoms with Crippen molar-refractivity contribution >= 4 is 21.9 Å². The second-order valence-corrected chi connectivity index (χ2v) is 9.97. The van der Waals surface area contributed by atoms with E-state index in [-0.39, 0.29) is 11.9 Å². The molecule has 0 spiro atoms. The lowest BCUT2D eigenvalue weighted by atomic mass is 10.0. The molecule has 1 aliphatic rings. The Morgan fingerprint density at radius 1 is 0.949 bits per heavy atom. The Morgan fingerprint density at radius 2 is 1.85 bits per heavy atom. The van der Waals surface area contributed by atoms with E-state index < -0.39 is 0 Å². The monoisotopic (exact) mass is 519 g/mol. The van der Waals surface area contributed by atoms with E-state index in [1.807, 2.05) is 43.3 Å². The van der Waals surface area contributed by atoms with Gasteiger partial charge >= 0.3 is 0 Å². The molecule has 0 bridgehead atoms. The maximum atomic E-state index is 14.2. The van der Waals surface area contributed by atoms with Crippen LogP contribution in [0.25, 0.3) is 55.8 Å². The molecule has 39 heavy (non-hydrogen) atoms. The third-order valence-electron chi connectivity index (χ3n) is 7.14. The summed E-state index contributed by atoms with van der Waals surface area (Å²) >= 11 is 0. The zero-order valence-electron chi connectivity index (χ0n) is 21.3. The van der Waals surface area contributed by atoms with Crippen LogP contribution in [-0.4, -0.2) is 49.3 Å². The minimum Gasteiger partial charge on any atom is -0.489 e. The summed E-state index contributed by atoms with van der Waals surface area (Å²) in [5, 5.41) is 11.9. The van der Waals surface area contributed by atoms with E-state index in [9.17, 15) is 4.39 Å². The summed E-state index contributed by atoms with van der Waals surface area (Å²) in [4.78, 5) is 17.3. The number of nitrogens with zero attached hydrogens (tertiary/aromatic N) is 4. The van der Waals surface area contributed by atoms with Crippen LogP contribution in [0, 0.1) is 12.7 Å². The summed E-state index contributed by atoms with van der Waals surface area (Å²) in [6.07, 6.45) is 7.45. The Balaban J connectivity index is 1.26.